The summed E-state index contributed by atoms with van der Waals surface area (Å²) >= 11 is 5.84. The molecule has 0 aliphatic heterocycles. The number of halogens is 2. The average Bonchev–Trinajstić information content (AvgIpc) is 2.30. The van der Waals surface area contributed by atoms with Crippen LogP contribution in [0.5, 0.6) is 0 Å². The summed E-state index contributed by atoms with van der Waals surface area (Å²) in [6.07, 6.45) is 3.28. The van der Waals surface area contributed by atoms with E-state index in [1.54, 1.807) is 0 Å². The molecule has 3 unspecified atom stereocenters. The van der Waals surface area contributed by atoms with Crippen LogP contribution in [-0.4, -0.2) is 6.17 Å². The zero-order valence-electron chi connectivity index (χ0n) is 9.63. The third-order valence-electron chi connectivity index (χ3n) is 3.76. The average molecular weight is 241 g/mol. The van der Waals surface area contributed by atoms with E-state index in [1.807, 2.05) is 24.3 Å². The molecular formula is C14H18ClF. The van der Waals surface area contributed by atoms with E-state index in [1.165, 1.54) is 0 Å². The van der Waals surface area contributed by atoms with Crippen molar-refractivity contribution in [3.63, 3.8) is 0 Å². The smallest absolute Gasteiger partial charge is 0.107 e. The van der Waals surface area contributed by atoms with Gasteiger partial charge in [-0.15, -0.1) is 0 Å². The maximum Gasteiger partial charge on any atom is 0.107 e. The third kappa shape index (κ3) is 2.57. The van der Waals surface area contributed by atoms with Gasteiger partial charge in [0.25, 0.3) is 0 Å². The molecule has 0 N–H and O–H groups in total. The van der Waals surface area contributed by atoms with Crippen molar-refractivity contribution in [2.45, 2.75) is 44.7 Å². The van der Waals surface area contributed by atoms with Crippen molar-refractivity contribution >= 4 is 11.6 Å². The standard InChI is InChI=1S/C14H18ClF/c1-2-10-3-8-13(14(16)9-10)11-4-6-12(15)7-5-11/h4-7,10,13-14H,2-3,8-9H2,1H3. The van der Waals surface area contributed by atoms with Crippen molar-refractivity contribution in [1.82, 2.24) is 0 Å². The topological polar surface area (TPSA) is 0 Å². The van der Waals surface area contributed by atoms with Crippen molar-refractivity contribution in [1.29, 1.82) is 0 Å². The molecule has 88 valence electrons. The first kappa shape index (κ1) is 11.9. The first-order valence-electron chi connectivity index (χ1n) is 6.10. The maximum absolute atomic E-state index is 14.0. The van der Waals surface area contributed by atoms with Crippen LogP contribution in [0.3, 0.4) is 0 Å². The van der Waals surface area contributed by atoms with Crippen molar-refractivity contribution in [2.24, 2.45) is 5.92 Å². The lowest BCUT2D eigenvalue weighted by Gasteiger charge is -2.31. The summed E-state index contributed by atoms with van der Waals surface area (Å²) in [7, 11) is 0. The normalized spacial score (nSPS) is 30.3. The van der Waals surface area contributed by atoms with Crippen LogP contribution in [0.15, 0.2) is 24.3 Å². The molecule has 16 heavy (non-hydrogen) atoms. The van der Waals surface area contributed by atoms with Gasteiger partial charge in [0.15, 0.2) is 0 Å². The van der Waals surface area contributed by atoms with E-state index < -0.39 is 6.17 Å². The second kappa shape index (κ2) is 5.18. The van der Waals surface area contributed by atoms with Gasteiger partial charge in [-0.1, -0.05) is 37.1 Å². The number of hydrogen-bond acceptors (Lipinski definition) is 0. The van der Waals surface area contributed by atoms with Crippen LogP contribution in [0.1, 0.15) is 44.1 Å². The molecule has 2 rings (SSSR count). The van der Waals surface area contributed by atoms with Crippen molar-refractivity contribution in [3.8, 4) is 0 Å². The van der Waals surface area contributed by atoms with Gasteiger partial charge in [0.2, 0.25) is 0 Å². The Morgan fingerprint density at radius 2 is 1.94 bits per heavy atom. The lowest BCUT2D eigenvalue weighted by Crippen LogP contribution is -2.24. The fourth-order valence-corrected chi connectivity index (χ4v) is 2.78. The molecule has 1 aromatic rings. The molecular weight excluding hydrogens is 223 g/mol. The van der Waals surface area contributed by atoms with Crippen LogP contribution in [0.25, 0.3) is 0 Å². The molecule has 0 heterocycles. The van der Waals surface area contributed by atoms with Gasteiger partial charge in [0.05, 0.1) is 0 Å². The minimum Gasteiger partial charge on any atom is -0.247 e. The van der Waals surface area contributed by atoms with Gasteiger partial charge in [-0.3, -0.25) is 0 Å². The predicted molar refractivity (Wildman–Crippen MR) is 66.7 cm³/mol. The zero-order chi connectivity index (χ0) is 11.5. The van der Waals surface area contributed by atoms with E-state index in [-0.39, 0.29) is 5.92 Å². The molecule has 0 amide bonds. The summed E-state index contributed by atoms with van der Waals surface area (Å²) in [6.45, 7) is 2.15. The molecule has 0 aromatic heterocycles. The lowest BCUT2D eigenvalue weighted by molar-refractivity contribution is 0.166. The van der Waals surface area contributed by atoms with Crippen LogP contribution in [0.4, 0.5) is 4.39 Å². The third-order valence-corrected chi connectivity index (χ3v) is 4.01. The lowest BCUT2D eigenvalue weighted by atomic mass is 9.76. The predicted octanol–water partition coefficient (Wildman–Crippen LogP) is 4.97. The quantitative estimate of drug-likeness (QED) is 0.685. The number of benzene rings is 1. The van der Waals surface area contributed by atoms with E-state index in [2.05, 4.69) is 6.92 Å². The highest BCUT2D eigenvalue weighted by Crippen LogP contribution is 2.39. The van der Waals surface area contributed by atoms with Gasteiger partial charge in [-0.25, -0.2) is 4.39 Å². The fraction of sp³-hybridized carbons (Fsp3) is 0.571. The summed E-state index contributed by atoms with van der Waals surface area (Å²) < 4.78 is 14.0. The maximum atomic E-state index is 14.0. The minimum absolute atomic E-state index is 0.0834. The van der Waals surface area contributed by atoms with Crippen LogP contribution in [0, 0.1) is 5.92 Å². The molecule has 0 nitrogen and oxygen atoms in total. The molecule has 0 spiro atoms. The molecule has 0 saturated heterocycles. The Balaban J connectivity index is 2.08. The summed E-state index contributed by atoms with van der Waals surface area (Å²) in [4.78, 5) is 0. The van der Waals surface area contributed by atoms with Gasteiger partial charge in [-0.05, 0) is 42.9 Å². The number of rotatable bonds is 2. The Morgan fingerprint density at radius 3 is 2.50 bits per heavy atom. The highest BCUT2D eigenvalue weighted by molar-refractivity contribution is 6.30. The Bertz CT molecular complexity index is 333. The van der Waals surface area contributed by atoms with Gasteiger partial charge < -0.3 is 0 Å². The second-order valence-corrected chi connectivity index (χ2v) is 5.20. The van der Waals surface area contributed by atoms with Crippen molar-refractivity contribution < 1.29 is 4.39 Å². The number of hydrogen-bond donors (Lipinski definition) is 0. The summed E-state index contributed by atoms with van der Waals surface area (Å²) in [5.41, 5.74) is 1.10. The monoisotopic (exact) mass is 240 g/mol. The molecule has 1 aliphatic carbocycles. The molecule has 1 aliphatic rings. The molecule has 2 heteroatoms. The first-order chi connectivity index (χ1) is 7.70. The molecule has 0 bridgehead atoms. The van der Waals surface area contributed by atoms with Crippen LogP contribution in [0.2, 0.25) is 5.02 Å². The van der Waals surface area contributed by atoms with Crippen LogP contribution < -0.4 is 0 Å². The van der Waals surface area contributed by atoms with E-state index in [9.17, 15) is 4.39 Å². The van der Waals surface area contributed by atoms with E-state index in [4.69, 9.17) is 11.6 Å². The SMILES string of the molecule is CCC1CCC(c2ccc(Cl)cc2)C(F)C1. The van der Waals surface area contributed by atoms with Crippen molar-refractivity contribution in [2.75, 3.05) is 0 Å². The highest BCUT2D eigenvalue weighted by Gasteiger charge is 2.30. The summed E-state index contributed by atoms with van der Waals surface area (Å²) in [6, 6.07) is 7.64. The van der Waals surface area contributed by atoms with Crippen molar-refractivity contribution in [3.05, 3.63) is 34.9 Å². The summed E-state index contributed by atoms with van der Waals surface area (Å²) in [5.74, 6) is 0.665. The zero-order valence-corrected chi connectivity index (χ0v) is 10.4. The second-order valence-electron chi connectivity index (χ2n) is 4.76. The van der Waals surface area contributed by atoms with Crippen LogP contribution >= 0.6 is 11.6 Å². The van der Waals surface area contributed by atoms with Gasteiger partial charge in [0, 0.05) is 10.9 Å². The fourth-order valence-electron chi connectivity index (χ4n) is 2.65. The molecule has 1 saturated carbocycles. The Kier molecular flexibility index (Phi) is 3.86. The first-order valence-corrected chi connectivity index (χ1v) is 6.48. The van der Waals surface area contributed by atoms with E-state index in [0.29, 0.717) is 5.92 Å². The highest BCUT2D eigenvalue weighted by atomic mass is 35.5. The largest absolute Gasteiger partial charge is 0.247 e. The molecule has 1 aromatic carbocycles. The molecule has 3 atom stereocenters. The summed E-state index contributed by atoms with van der Waals surface area (Å²) in [5, 5.41) is 0.724. The van der Waals surface area contributed by atoms with E-state index >= 15 is 0 Å². The Morgan fingerprint density at radius 1 is 1.25 bits per heavy atom. The molecule has 0 radical (unpaired) electrons. The van der Waals surface area contributed by atoms with Gasteiger partial charge >= 0.3 is 0 Å². The van der Waals surface area contributed by atoms with E-state index in [0.717, 1.165) is 36.3 Å². The Labute approximate surface area is 102 Å². The minimum atomic E-state index is -0.681. The number of alkyl halides is 1. The van der Waals surface area contributed by atoms with Gasteiger partial charge in [-0.2, -0.15) is 0 Å². The van der Waals surface area contributed by atoms with Gasteiger partial charge in [0.1, 0.15) is 6.17 Å². The Hall–Kier alpha value is -0.560. The van der Waals surface area contributed by atoms with Crippen LogP contribution in [-0.2, 0) is 0 Å². The molecule has 1 fully saturated rings.